The monoisotopic (exact) mass is 772 g/mol. The van der Waals surface area contributed by atoms with Gasteiger partial charge >= 0.3 is 0 Å². The second-order valence-electron chi connectivity index (χ2n) is 15.5. The summed E-state index contributed by atoms with van der Waals surface area (Å²) in [6, 6.07) is 72.4. The van der Waals surface area contributed by atoms with Crippen LogP contribution < -0.4 is 0 Å². The molecule has 4 nitrogen and oxygen atoms in total. The van der Waals surface area contributed by atoms with Crippen molar-refractivity contribution in [2.24, 2.45) is 0 Å². The standard InChI is InChI=1S/C54H33ClN4/c55-34-29-37(58-51-23-11-5-17-43(51)45-32-35(25-27-53(45)58)56-47-19-7-1-13-39(47)40-14-2-8-20-48(40)56)31-38(30-34)59-52-24-12-6-18-44(52)46-33-36(26-28-54(46)59)57-49-21-9-3-15-41(49)42-16-4-10-22-50(42)57/h1-33H. The van der Waals surface area contributed by atoms with Crippen LogP contribution in [-0.4, -0.2) is 18.3 Å². The smallest absolute Gasteiger partial charge is 0.0542 e. The van der Waals surface area contributed by atoms with E-state index < -0.39 is 0 Å². The molecule has 13 rings (SSSR count). The highest BCUT2D eigenvalue weighted by molar-refractivity contribution is 6.31. The van der Waals surface area contributed by atoms with E-state index >= 15 is 0 Å². The first-order valence-corrected chi connectivity index (χ1v) is 20.4. The number of aromatic nitrogens is 4. The third-order valence-corrected chi connectivity index (χ3v) is 12.6. The van der Waals surface area contributed by atoms with Crippen molar-refractivity contribution in [3.8, 4) is 22.7 Å². The molecule has 0 atom stereocenters. The SMILES string of the molecule is Clc1cc(-n2c3ccccc3c3cc(-n4c5ccccc5c5ccccc54)ccc32)cc(-n2c3ccccc3c3cc(-n4c5ccccc5c5ccccc54)ccc32)c1. The average Bonchev–Trinajstić information content (AvgIpc) is 4.01. The summed E-state index contributed by atoms with van der Waals surface area (Å²) in [5.41, 5.74) is 13.6. The van der Waals surface area contributed by atoms with Crippen LogP contribution in [0.1, 0.15) is 0 Å². The first-order valence-electron chi connectivity index (χ1n) is 20.0. The van der Waals surface area contributed by atoms with Gasteiger partial charge in [-0.2, -0.15) is 0 Å². The molecule has 0 fully saturated rings. The Morgan fingerprint density at radius 1 is 0.220 bits per heavy atom. The van der Waals surface area contributed by atoms with Crippen LogP contribution in [-0.2, 0) is 0 Å². The maximum absolute atomic E-state index is 7.16. The first kappa shape index (κ1) is 32.5. The van der Waals surface area contributed by atoms with E-state index in [1.165, 1.54) is 65.2 Å². The van der Waals surface area contributed by atoms with Gasteiger partial charge in [-0.25, -0.2) is 0 Å². The molecule has 0 aliphatic heterocycles. The predicted molar refractivity (Wildman–Crippen MR) is 249 cm³/mol. The predicted octanol–water partition coefficient (Wildman–Crippen LogP) is 14.7. The minimum Gasteiger partial charge on any atom is -0.309 e. The summed E-state index contributed by atoms with van der Waals surface area (Å²) >= 11 is 7.16. The first-order chi connectivity index (χ1) is 29.2. The Hall–Kier alpha value is -7.53. The molecule has 0 amide bonds. The molecule has 0 N–H and O–H groups in total. The van der Waals surface area contributed by atoms with Crippen LogP contribution in [0.25, 0.3) is 110 Å². The second kappa shape index (κ2) is 12.2. The molecule has 13 aromatic rings. The fourth-order valence-corrected chi connectivity index (χ4v) is 10.2. The summed E-state index contributed by atoms with van der Waals surface area (Å²) in [6.07, 6.45) is 0. The van der Waals surface area contributed by atoms with E-state index in [2.05, 4.69) is 218 Å². The van der Waals surface area contributed by atoms with Crippen LogP contribution in [0.3, 0.4) is 0 Å². The fraction of sp³-hybridized carbons (Fsp3) is 0. The van der Waals surface area contributed by atoms with Gasteiger partial charge in [0.05, 0.1) is 44.1 Å². The lowest BCUT2D eigenvalue weighted by Gasteiger charge is -2.14. The van der Waals surface area contributed by atoms with Crippen molar-refractivity contribution >= 4 is 98.8 Å². The van der Waals surface area contributed by atoms with E-state index in [0.717, 1.165) is 44.8 Å². The molecule has 0 saturated heterocycles. The summed E-state index contributed by atoms with van der Waals surface area (Å²) in [5, 5.41) is 10.5. The minimum absolute atomic E-state index is 0.679. The largest absolute Gasteiger partial charge is 0.309 e. The maximum Gasteiger partial charge on any atom is 0.0542 e. The average molecular weight is 773 g/mol. The molecule has 4 aromatic heterocycles. The number of hydrogen-bond donors (Lipinski definition) is 0. The van der Waals surface area contributed by atoms with Gasteiger partial charge in [-0.15, -0.1) is 0 Å². The third kappa shape index (κ3) is 4.60. The number of fused-ring (bicyclic) bond motifs is 12. The highest BCUT2D eigenvalue weighted by atomic mass is 35.5. The van der Waals surface area contributed by atoms with Crippen LogP contribution in [0.4, 0.5) is 0 Å². The zero-order chi connectivity index (χ0) is 38.8. The molecule has 0 radical (unpaired) electrons. The molecule has 276 valence electrons. The van der Waals surface area contributed by atoms with Gasteiger partial charge < -0.3 is 18.3 Å². The van der Waals surface area contributed by atoms with Crippen molar-refractivity contribution in [1.29, 1.82) is 0 Å². The minimum atomic E-state index is 0.679. The normalized spacial score (nSPS) is 12.2. The Morgan fingerprint density at radius 3 is 0.797 bits per heavy atom. The number of para-hydroxylation sites is 6. The van der Waals surface area contributed by atoms with Gasteiger partial charge in [0.2, 0.25) is 0 Å². The Bertz CT molecular complexity index is 3520. The molecule has 59 heavy (non-hydrogen) atoms. The molecular formula is C54H33ClN4. The lowest BCUT2D eigenvalue weighted by atomic mass is 10.1. The maximum atomic E-state index is 7.16. The van der Waals surface area contributed by atoms with E-state index in [1.807, 2.05) is 0 Å². The molecule has 0 unspecified atom stereocenters. The van der Waals surface area contributed by atoms with Crippen molar-refractivity contribution in [1.82, 2.24) is 18.3 Å². The molecular weight excluding hydrogens is 740 g/mol. The van der Waals surface area contributed by atoms with Crippen LogP contribution in [0.5, 0.6) is 0 Å². The Labute approximate surface area is 343 Å². The number of halogens is 1. The molecule has 0 aliphatic carbocycles. The fourth-order valence-electron chi connectivity index (χ4n) is 9.97. The summed E-state index contributed by atoms with van der Waals surface area (Å²) in [5.74, 6) is 0. The van der Waals surface area contributed by atoms with Gasteiger partial charge in [-0.1, -0.05) is 121 Å². The summed E-state index contributed by atoms with van der Waals surface area (Å²) in [6.45, 7) is 0. The van der Waals surface area contributed by atoms with Crippen molar-refractivity contribution in [2.45, 2.75) is 0 Å². The molecule has 0 saturated carbocycles. The van der Waals surface area contributed by atoms with Crippen molar-refractivity contribution in [2.75, 3.05) is 0 Å². The Balaban J connectivity index is 1.02. The van der Waals surface area contributed by atoms with Gasteiger partial charge in [0.15, 0.2) is 0 Å². The van der Waals surface area contributed by atoms with Crippen molar-refractivity contribution in [3.05, 3.63) is 205 Å². The Morgan fingerprint density at radius 2 is 0.475 bits per heavy atom. The van der Waals surface area contributed by atoms with E-state index in [1.54, 1.807) is 0 Å². The van der Waals surface area contributed by atoms with Gasteiger partial charge in [-0.3, -0.25) is 0 Å². The molecule has 4 heterocycles. The summed E-state index contributed by atoms with van der Waals surface area (Å²) in [4.78, 5) is 0. The lowest BCUT2D eigenvalue weighted by Crippen LogP contribution is -2.00. The molecule has 0 bridgehead atoms. The van der Waals surface area contributed by atoms with E-state index in [4.69, 9.17) is 11.6 Å². The number of hydrogen-bond acceptors (Lipinski definition) is 0. The van der Waals surface area contributed by atoms with Crippen molar-refractivity contribution in [3.63, 3.8) is 0 Å². The zero-order valence-electron chi connectivity index (χ0n) is 31.7. The van der Waals surface area contributed by atoms with Crippen LogP contribution >= 0.6 is 11.6 Å². The van der Waals surface area contributed by atoms with Crippen LogP contribution in [0.15, 0.2) is 200 Å². The van der Waals surface area contributed by atoms with E-state index in [-0.39, 0.29) is 0 Å². The quantitative estimate of drug-likeness (QED) is 0.170. The van der Waals surface area contributed by atoms with Crippen molar-refractivity contribution < 1.29 is 0 Å². The van der Waals surface area contributed by atoms with Gasteiger partial charge in [0, 0.05) is 70.9 Å². The topological polar surface area (TPSA) is 19.7 Å². The Kier molecular flexibility index (Phi) is 6.75. The molecule has 9 aromatic carbocycles. The van der Waals surface area contributed by atoms with E-state index in [0.29, 0.717) is 5.02 Å². The van der Waals surface area contributed by atoms with Gasteiger partial charge in [0.25, 0.3) is 0 Å². The van der Waals surface area contributed by atoms with Crippen LogP contribution in [0, 0.1) is 0 Å². The van der Waals surface area contributed by atoms with E-state index in [9.17, 15) is 0 Å². The van der Waals surface area contributed by atoms with Crippen LogP contribution in [0.2, 0.25) is 5.02 Å². The second-order valence-corrected chi connectivity index (χ2v) is 16.0. The number of nitrogens with zero attached hydrogens (tertiary/aromatic N) is 4. The lowest BCUT2D eigenvalue weighted by molar-refractivity contribution is 1.13. The van der Waals surface area contributed by atoms with Gasteiger partial charge in [-0.05, 0) is 91.0 Å². The highest BCUT2D eigenvalue weighted by Crippen LogP contribution is 2.40. The molecule has 0 aliphatic rings. The third-order valence-electron chi connectivity index (χ3n) is 12.4. The molecule has 5 heteroatoms. The summed E-state index contributed by atoms with van der Waals surface area (Å²) < 4.78 is 9.51. The van der Waals surface area contributed by atoms with Gasteiger partial charge in [0.1, 0.15) is 0 Å². The highest BCUT2D eigenvalue weighted by Gasteiger charge is 2.20. The zero-order valence-corrected chi connectivity index (χ0v) is 32.5. The number of benzene rings is 9. The molecule has 0 spiro atoms. The number of rotatable bonds is 4. The summed E-state index contributed by atoms with van der Waals surface area (Å²) in [7, 11) is 0.